The summed E-state index contributed by atoms with van der Waals surface area (Å²) >= 11 is 0. The second-order valence-electron chi connectivity index (χ2n) is 6.19. The minimum atomic E-state index is -1.06. The Morgan fingerprint density at radius 2 is 0.897 bits per heavy atom. The van der Waals surface area contributed by atoms with Crippen LogP contribution in [0.3, 0.4) is 0 Å². The molecule has 4 rings (SSSR count). The van der Waals surface area contributed by atoms with E-state index in [9.17, 15) is 19.5 Å². The van der Waals surface area contributed by atoms with E-state index in [1.807, 2.05) is 54.6 Å². The van der Waals surface area contributed by atoms with Crippen LogP contribution in [-0.2, 0) is 0 Å². The van der Waals surface area contributed by atoms with E-state index in [1.54, 1.807) is 0 Å². The molecule has 0 aliphatic carbocycles. The molecule has 3 N–H and O–H groups in total. The van der Waals surface area contributed by atoms with Crippen molar-refractivity contribution in [3.63, 3.8) is 0 Å². The lowest BCUT2D eigenvalue weighted by Gasteiger charge is -2.07. The Labute approximate surface area is 165 Å². The molecule has 29 heavy (non-hydrogen) atoms. The highest BCUT2D eigenvalue weighted by molar-refractivity contribution is 6.15. The highest BCUT2D eigenvalue weighted by atomic mass is 16.4. The molecule has 0 aliphatic rings. The first-order valence-corrected chi connectivity index (χ1v) is 8.59. The van der Waals surface area contributed by atoms with Gasteiger partial charge in [0.2, 0.25) is 0 Å². The molecule has 0 fully saturated rings. The predicted molar refractivity (Wildman–Crippen MR) is 109 cm³/mol. The molecule has 4 aromatic carbocycles. The van der Waals surface area contributed by atoms with E-state index in [4.69, 9.17) is 10.2 Å². The fourth-order valence-corrected chi connectivity index (χ4v) is 3.00. The number of carboxylic acids is 3. The average molecular weight is 388 g/mol. The fourth-order valence-electron chi connectivity index (χ4n) is 3.00. The summed E-state index contributed by atoms with van der Waals surface area (Å²) in [6.07, 6.45) is 0. The van der Waals surface area contributed by atoms with Crippen LogP contribution >= 0.6 is 0 Å². The summed E-state index contributed by atoms with van der Waals surface area (Å²) in [7, 11) is 0. The van der Waals surface area contributed by atoms with E-state index in [-0.39, 0.29) is 11.1 Å². The van der Waals surface area contributed by atoms with Gasteiger partial charge < -0.3 is 15.3 Å². The van der Waals surface area contributed by atoms with Crippen molar-refractivity contribution in [3.8, 4) is 0 Å². The van der Waals surface area contributed by atoms with Crippen LogP contribution in [0.5, 0.6) is 0 Å². The van der Waals surface area contributed by atoms with Crippen molar-refractivity contribution in [3.05, 3.63) is 95.6 Å². The molecule has 0 saturated carbocycles. The zero-order chi connectivity index (χ0) is 21.0. The maximum absolute atomic E-state index is 11.4. The maximum Gasteiger partial charge on any atom is 0.336 e. The molecular formula is C23H16O6. The summed E-state index contributed by atoms with van der Waals surface area (Å²) in [6, 6.07) is 22.2. The van der Waals surface area contributed by atoms with E-state index in [2.05, 4.69) is 0 Å². The number of aromatic carboxylic acids is 3. The fraction of sp³-hybridized carbons (Fsp3) is 0. The lowest BCUT2D eigenvalue weighted by molar-refractivity contribution is 0.0681. The van der Waals surface area contributed by atoms with Gasteiger partial charge in [0.25, 0.3) is 0 Å². The van der Waals surface area contributed by atoms with E-state index < -0.39 is 17.9 Å². The zero-order valence-corrected chi connectivity index (χ0v) is 15.1. The lowest BCUT2D eigenvalue weighted by Crippen LogP contribution is -1.99. The van der Waals surface area contributed by atoms with Crippen LogP contribution in [0.4, 0.5) is 0 Å². The van der Waals surface area contributed by atoms with Crippen LogP contribution in [0, 0.1) is 0 Å². The molecule has 0 radical (unpaired) electrons. The van der Waals surface area contributed by atoms with Gasteiger partial charge in [0.1, 0.15) is 0 Å². The minimum Gasteiger partial charge on any atom is -0.478 e. The summed E-state index contributed by atoms with van der Waals surface area (Å²) in [4.78, 5) is 32.1. The molecule has 0 aromatic heterocycles. The number of hydrogen-bond donors (Lipinski definition) is 3. The molecule has 0 heterocycles. The van der Waals surface area contributed by atoms with Crippen molar-refractivity contribution in [1.82, 2.24) is 0 Å². The number of benzene rings is 4. The van der Waals surface area contributed by atoms with E-state index in [0.29, 0.717) is 5.56 Å². The third-order valence-corrected chi connectivity index (χ3v) is 4.36. The van der Waals surface area contributed by atoms with Crippen molar-refractivity contribution in [1.29, 1.82) is 0 Å². The highest BCUT2D eigenvalue weighted by Crippen LogP contribution is 2.28. The number of carboxylic acid groups (broad SMARTS) is 3. The van der Waals surface area contributed by atoms with Gasteiger partial charge in [-0.3, -0.25) is 0 Å². The lowest BCUT2D eigenvalue weighted by atomic mass is 9.97. The van der Waals surface area contributed by atoms with Gasteiger partial charge in [-0.15, -0.1) is 0 Å². The zero-order valence-electron chi connectivity index (χ0n) is 15.1. The van der Waals surface area contributed by atoms with Crippen molar-refractivity contribution in [2.24, 2.45) is 0 Å². The smallest absolute Gasteiger partial charge is 0.336 e. The van der Waals surface area contributed by atoms with Gasteiger partial charge in [0.15, 0.2) is 0 Å². The monoisotopic (exact) mass is 388 g/mol. The summed E-state index contributed by atoms with van der Waals surface area (Å²) in [5, 5.41) is 29.8. The average Bonchev–Trinajstić information content (AvgIpc) is 2.72. The molecule has 4 aromatic rings. The normalized spacial score (nSPS) is 10.2. The minimum absolute atomic E-state index is 0.0833. The molecule has 144 valence electrons. The van der Waals surface area contributed by atoms with Crippen molar-refractivity contribution in [2.45, 2.75) is 0 Å². The van der Waals surface area contributed by atoms with Gasteiger partial charge in [0.05, 0.1) is 16.7 Å². The van der Waals surface area contributed by atoms with Crippen LogP contribution in [0.25, 0.3) is 21.5 Å². The van der Waals surface area contributed by atoms with Gasteiger partial charge >= 0.3 is 17.9 Å². The van der Waals surface area contributed by atoms with Gasteiger partial charge in [0, 0.05) is 0 Å². The van der Waals surface area contributed by atoms with Gasteiger partial charge in [-0.25, -0.2) is 14.4 Å². The topological polar surface area (TPSA) is 112 Å². The quantitative estimate of drug-likeness (QED) is 0.436. The molecule has 0 spiro atoms. The molecule has 0 aliphatic heterocycles. The second kappa shape index (κ2) is 8.22. The molecular weight excluding hydrogens is 372 g/mol. The Hall–Kier alpha value is -4.19. The molecule has 0 atom stereocenters. The standard InChI is InChI=1S/C15H10O2.C8H6O4/c16-15(17)14-12-7-3-1-5-10(12)9-11-6-2-4-8-13(11)14;9-7(10)5-1-2-6(4-3-5)8(11)12/h1-9H,(H,16,17);1-4H,(H,9,10)(H,11,12). The third-order valence-electron chi connectivity index (χ3n) is 4.36. The molecule has 0 unspecified atom stereocenters. The maximum atomic E-state index is 11.4. The largest absolute Gasteiger partial charge is 0.478 e. The van der Waals surface area contributed by atoms with Crippen molar-refractivity contribution in [2.75, 3.05) is 0 Å². The first kappa shape index (κ1) is 19.6. The summed E-state index contributed by atoms with van der Waals surface area (Å²) in [5.74, 6) is -3.00. The van der Waals surface area contributed by atoms with Gasteiger partial charge in [-0.1, -0.05) is 48.5 Å². The molecule has 0 saturated heterocycles. The molecule has 6 nitrogen and oxygen atoms in total. The number of hydrogen-bond acceptors (Lipinski definition) is 3. The van der Waals surface area contributed by atoms with E-state index in [1.165, 1.54) is 24.3 Å². The number of rotatable bonds is 3. The SMILES string of the molecule is O=C(O)c1c2ccccc2cc2ccccc12.O=C(O)c1ccc(C(=O)O)cc1. The van der Waals surface area contributed by atoms with Crippen LogP contribution in [0.1, 0.15) is 31.1 Å². The molecule has 0 bridgehead atoms. The summed E-state index contributed by atoms with van der Waals surface area (Å²) < 4.78 is 0. The second-order valence-corrected chi connectivity index (χ2v) is 6.19. The predicted octanol–water partition coefficient (Wildman–Crippen LogP) is 4.77. The summed E-state index contributed by atoms with van der Waals surface area (Å²) in [5.41, 5.74) is 0.554. The van der Waals surface area contributed by atoms with E-state index >= 15 is 0 Å². The highest BCUT2D eigenvalue weighted by Gasteiger charge is 2.12. The Bertz CT molecular complexity index is 1140. The number of fused-ring (bicyclic) bond motifs is 2. The first-order chi connectivity index (χ1) is 13.9. The Morgan fingerprint density at radius 1 is 0.517 bits per heavy atom. The van der Waals surface area contributed by atoms with E-state index in [0.717, 1.165) is 21.5 Å². The van der Waals surface area contributed by atoms with Crippen molar-refractivity contribution < 1.29 is 29.7 Å². The molecule has 0 amide bonds. The molecule has 6 heteroatoms. The van der Waals surface area contributed by atoms with Gasteiger partial charge in [-0.2, -0.15) is 0 Å². The van der Waals surface area contributed by atoms with Crippen LogP contribution in [0.15, 0.2) is 78.9 Å². The first-order valence-electron chi connectivity index (χ1n) is 8.59. The van der Waals surface area contributed by atoms with Crippen molar-refractivity contribution >= 4 is 39.5 Å². The Kier molecular flexibility index (Phi) is 5.55. The Morgan fingerprint density at radius 3 is 1.24 bits per heavy atom. The van der Waals surface area contributed by atoms with Gasteiger partial charge in [-0.05, 0) is 51.9 Å². The van der Waals surface area contributed by atoms with Crippen LogP contribution in [0.2, 0.25) is 0 Å². The van der Waals surface area contributed by atoms with Crippen LogP contribution in [-0.4, -0.2) is 33.2 Å². The third kappa shape index (κ3) is 4.22. The van der Waals surface area contributed by atoms with Crippen LogP contribution < -0.4 is 0 Å². The summed E-state index contributed by atoms with van der Waals surface area (Å²) in [6.45, 7) is 0. The number of carbonyl (C=O) groups is 3. The Balaban J connectivity index is 0.000000177.